The van der Waals surface area contributed by atoms with Crippen LogP contribution in [-0.2, 0) is 11.2 Å². The number of fused-ring (bicyclic) bond motifs is 1. The molecule has 0 saturated carbocycles. The van der Waals surface area contributed by atoms with E-state index in [1.54, 1.807) is 11.3 Å². The standard InChI is InChI=1S/C13H15NOS/c1-8(2)13-10(7-12(14)15)9-5-3-4-6-11(9)16-13/h3-6,8H,7H2,1-2H3,(H2,14,15). The molecule has 1 aromatic heterocycles. The molecule has 0 unspecified atom stereocenters. The summed E-state index contributed by atoms with van der Waals surface area (Å²) in [5.41, 5.74) is 6.42. The Labute approximate surface area is 99.1 Å². The van der Waals surface area contributed by atoms with Crippen molar-refractivity contribution >= 4 is 27.3 Å². The largest absolute Gasteiger partial charge is 0.369 e. The summed E-state index contributed by atoms with van der Waals surface area (Å²) >= 11 is 1.77. The van der Waals surface area contributed by atoms with Gasteiger partial charge in [-0.1, -0.05) is 32.0 Å². The molecule has 16 heavy (non-hydrogen) atoms. The van der Waals surface area contributed by atoms with Gasteiger partial charge >= 0.3 is 0 Å². The molecule has 1 amide bonds. The zero-order valence-corrected chi connectivity index (χ0v) is 10.3. The van der Waals surface area contributed by atoms with Crippen LogP contribution in [-0.4, -0.2) is 5.91 Å². The molecule has 0 atom stereocenters. The van der Waals surface area contributed by atoms with Crippen LogP contribution >= 0.6 is 11.3 Å². The van der Waals surface area contributed by atoms with E-state index in [-0.39, 0.29) is 5.91 Å². The second-order valence-corrected chi connectivity index (χ2v) is 5.32. The Balaban J connectivity index is 2.64. The third-order valence-electron chi connectivity index (χ3n) is 2.60. The lowest BCUT2D eigenvalue weighted by Crippen LogP contribution is -2.14. The average molecular weight is 233 g/mol. The molecule has 0 bridgehead atoms. The van der Waals surface area contributed by atoms with Crippen LogP contribution in [0, 0.1) is 0 Å². The number of primary amides is 1. The maximum absolute atomic E-state index is 11.1. The molecule has 0 aliphatic heterocycles. The van der Waals surface area contributed by atoms with Gasteiger partial charge in [-0.25, -0.2) is 0 Å². The number of hydrogen-bond acceptors (Lipinski definition) is 2. The Bertz CT molecular complexity index is 528. The zero-order valence-electron chi connectivity index (χ0n) is 9.49. The third-order valence-corrected chi connectivity index (χ3v) is 4.12. The van der Waals surface area contributed by atoms with E-state index in [9.17, 15) is 4.79 Å². The number of rotatable bonds is 3. The minimum Gasteiger partial charge on any atom is -0.369 e. The molecule has 84 valence electrons. The van der Waals surface area contributed by atoms with Crippen molar-refractivity contribution in [3.05, 3.63) is 34.7 Å². The van der Waals surface area contributed by atoms with Crippen LogP contribution in [0.25, 0.3) is 10.1 Å². The lowest BCUT2D eigenvalue weighted by molar-refractivity contribution is -0.117. The number of nitrogens with two attached hydrogens (primary N) is 1. The number of carbonyl (C=O) groups excluding carboxylic acids is 1. The summed E-state index contributed by atoms with van der Waals surface area (Å²) in [5.74, 6) is 0.178. The Morgan fingerprint density at radius 3 is 2.69 bits per heavy atom. The van der Waals surface area contributed by atoms with Crippen LogP contribution in [0.15, 0.2) is 24.3 Å². The SMILES string of the molecule is CC(C)c1sc2ccccc2c1CC(N)=O. The number of carbonyl (C=O) groups is 1. The van der Waals surface area contributed by atoms with Crippen molar-refractivity contribution in [3.63, 3.8) is 0 Å². The molecule has 0 radical (unpaired) electrons. The molecular formula is C13H15NOS. The molecule has 0 aliphatic rings. The second kappa shape index (κ2) is 4.26. The summed E-state index contributed by atoms with van der Waals surface area (Å²) < 4.78 is 1.24. The van der Waals surface area contributed by atoms with Crippen LogP contribution in [0.3, 0.4) is 0 Å². The van der Waals surface area contributed by atoms with Gasteiger partial charge in [0.25, 0.3) is 0 Å². The number of benzene rings is 1. The minimum atomic E-state index is -0.259. The maximum atomic E-state index is 11.1. The summed E-state index contributed by atoms with van der Waals surface area (Å²) in [6.07, 6.45) is 0.345. The second-order valence-electron chi connectivity index (χ2n) is 4.24. The van der Waals surface area contributed by atoms with E-state index < -0.39 is 0 Å². The van der Waals surface area contributed by atoms with Gasteiger partial charge < -0.3 is 5.73 Å². The van der Waals surface area contributed by atoms with Crippen molar-refractivity contribution in [2.24, 2.45) is 5.73 Å². The van der Waals surface area contributed by atoms with Crippen LogP contribution in [0.2, 0.25) is 0 Å². The van der Waals surface area contributed by atoms with Gasteiger partial charge in [-0.15, -0.1) is 11.3 Å². The molecule has 1 aromatic carbocycles. The molecule has 2 aromatic rings. The Hall–Kier alpha value is -1.35. The minimum absolute atomic E-state index is 0.259. The van der Waals surface area contributed by atoms with Crippen molar-refractivity contribution < 1.29 is 4.79 Å². The molecule has 1 heterocycles. The monoisotopic (exact) mass is 233 g/mol. The van der Waals surface area contributed by atoms with E-state index >= 15 is 0 Å². The summed E-state index contributed by atoms with van der Waals surface area (Å²) in [5, 5.41) is 1.18. The van der Waals surface area contributed by atoms with E-state index in [2.05, 4.69) is 26.0 Å². The van der Waals surface area contributed by atoms with Crippen molar-refractivity contribution in [1.82, 2.24) is 0 Å². The molecule has 0 spiro atoms. The molecule has 2 N–H and O–H groups in total. The quantitative estimate of drug-likeness (QED) is 0.870. The highest BCUT2D eigenvalue weighted by atomic mass is 32.1. The van der Waals surface area contributed by atoms with E-state index in [4.69, 9.17) is 5.73 Å². The van der Waals surface area contributed by atoms with Crippen molar-refractivity contribution in [2.75, 3.05) is 0 Å². The normalized spacial score (nSPS) is 11.2. The molecule has 3 heteroatoms. The summed E-state index contributed by atoms with van der Waals surface area (Å²) in [6, 6.07) is 8.19. The van der Waals surface area contributed by atoms with Gasteiger partial charge in [0.05, 0.1) is 6.42 Å². The fraction of sp³-hybridized carbons (Fsp3) is 0.308. The first kappa shape index (κ1) is 11.1. The Kier molecular flexibility index (Phi) is 2.97. The van der Waals surface area contributed by atoms with Crippen LogP contribution in [0.5, 0.6) is 0 Å². The first-order valence-electron chi connectivity index (χ1n) is 5.38. The van der Waals surface area contributed by atoms with E-state index in [0.29, 0.717) is 12.3 Å². The summed E-state index contributed by atoms with van der Waals surface area (Å²) in [6.45, 7) is 4.30. The average Bonchev–Trinajstić information content (AvgIpc) is 2.57. The molecule has 0 aliphatic carbocycles. The van der Waals surface area contributed by atoms with Gasteiger partial charge in [0.2, 0.25) is 5.91 Å². The first-order valence-corrected chi connectivity index (χ1v) is 6.20. The van der Waals surface area contributed by atoms with Crippen LogP contribution in [0.1, 0.15) is 30.2 Å². The topological polar surface area (TPSA) is 43.1 Å². The highest BCUT2D eigenvalue weighted by Crippen LogP contribution is 2.36. The van der Waals surface area contributed by atoms with Crippen LogP contribution < -0.4 is 5.73 Å². The van der Waals surface area contributed by atoms with Crippen molar-refractivity contribution in [2.45, 2.75) is 26.2 Å². The number of amides is 1. The smallest absolute Gasteiger partial charge is 0.221 e. The van der Waals surface area contributed by atoms with Gasteiger partial charge in [0.15, 0.2) is 0 Å². The maximum Gasteiger partial charge on any atom is 0.221 e. The lowest BCUT2D eigenvalue weighted by atomic mass is 10.0. The van der Waals surface area contributed by atoms with Crippen molar-refractivity contribution in [1.29, 1.82) is 0 Å². The third kappa shape index (κ3) is 1.95. The highest BCUT2D eigenvalue weighted by molar-refractivity contribution is 7.19. The fourth-order valence-electron chi connectivity index (χ4n) is 1.94. The molecule has 0 saturated heterocycles. The Morgan fingerprint density at radius 2 is 2.06 bits per heavy atom. The van der Waals surface area contributed by atoms with Gasteiger partial charge in [0.1, 0.15) is 0 Å². The number of thiophene rings is 1. The van der Waals surface area contributed by atoms with Gasteiger partial charge in [0, 0.05) is 9.58 Å². The number of hydrogen-bond donors (Lipinski definition) is 1. The van der Waals surface area contributed by atoms with Gasteiger partial charge in [-0.3, -0.25) is 4.79 Å². The van der Waals surface area contributed by atoms with E-state index in [1.807, 2.05) is 12.1 Å². The van der Waals surface area contributed by atoms with Gasteiger partial charge in [-0.2, -0.15) is 0 Å². The zero-order chi connectivity index (χ0) is 11.7. The molecule has 2 nitrogen and oxygen atoms in total. The van der Waals surface area contributed by atoms with Gasteiger partial charge in [-0.05, 0) is 22.9 Å². The summed E-state index contributed by atoms with van der Waals surface area (Å²) in [7, 11) is 0. The predicted octanol–water partition coefficient (Wildman–Crippen LogP) is 3.05. The summed E-state index contributed by atoms with van der Waals surface area (Å²) in [4.78, 5) is 12.4. The fourth-order valence-corrected chi connectivity index (χ4v) is 3.17. The first-order chi connectivity index (χ1) is 7.59. The van der Waals surface area contributed by atoms with Crippen molar-refractivity contribution in [3.8, 4) is 0 Å². The predicted molar refractivity (Wildman–Crippen MR) is 68.8 cm³/mol. The lowest BCUT2D eigenvalue weighted by Gasteiger charge is -2.05. The van der Waals surface area contributed by atoms with E-state index in [1.165, 1.54) is 15.0 Å². The molecule has 2 rings (SSSR count). The Morgan fingerprint density at radius 1 is 1.38 bits per heavy atom. The molecular weight excluding hydrogens is 218 g/mol. The highest BCUT2D eigenvalue weighted by Gasteiger charge is 2.15. The molecule has 0 fully saturated rings. The van der Waals surface area contributed by atoms with Crippen LogP contribution in [0.4, 0.5) is 0 Å². The van der Waals surface area contributed by atoms with E-state index in [0.717, 1.165) is 5.56 Å².